The lowest BCUT2D eigenvalue weighted by Crippen LogP contribution is -2.46. The van der Waals surface area contributed by atoms with Crippen LogP contribution in [-0.2, 0) is 0 Å². The van der Waals surface area contributed by atoms with Crippen LogP contribution in [0.1, 0.15) is 29.6 Å². The molecule has 1 aliphatic carbocycles. The van der Waals surface area contributed by atoms with Gasteiger partial charge in [-0.2, -0.15) is 0 Å². The summed E-state index contributed by atoms with van der Waals surface area (Å²) >= 11 is 0. The molecule has 0 aromatic heterocycles. The van der Waals surface area contributed by atoms with Crippen molar-refractivity contribution in [2.45, 2.75) is 37.6 Å². The van der Waals surface area contributed by atoms with E-state index in [0.717, 1.165) is 0 Å². The van der Waals surface area contributed by atoms with Gasteiger partial charge in [-0.05, 0) is 18.8 Å². The van der Waals surface area contributed by atoms with Gasteiger partial charge in [0.2, 0.25) is 0 Å². The summed E-state index contributed by atoms with van der Waals surface area (Å²) in [5.41, 5.74) is 0.616. The Balaban J connectivity index is 2.00. The van der Waals surface area contributed by atoms with E-state index in [1.807, 2.05) is 6.07 Å². The number of aliphatic hydroxyl groups is 3. The molecule has 0 heterocycles. The van der Waals surface area contributed by atoms with Crippen molar-refractivity contribution < 1.29 is 20.1 Å². The average Bonchev–Trinajstić information content (AvgIpc) is 2.40. The van der Waals surface area contributed by atoms with E-state index in [1.54, 1.807) is 24.3 Å². The van der Waals surface area contributed by atoms with Crippen molar-refractivity contribution in [2.24, 2.45) is 5.92 Å². The molecule has 98 valence electrons. The molecule has 0 amide bonds. The fourth-order valence-electron chi connectivity index (χ4n) is 2.44. The van der Waals surface area contributed by atoms with Crippen LogP contribution in [0.25, 0.3) is 0 Å². The number of hydrogen-bond acceptors (Lipinski definition) is 4. The third kappa shape index (κ3) is 2.77. The first-order valence-electron chi connectivity index (χ1n) is 6.22. The Bertz CT molecular complexity index is 404. The number of ketones is 1. The minimum Gasteiger partial charge on any atom is -0.390 e. The normalized spacial score (nSPS) is 32.2. The van der Waals surface area contributed by atoms with Gasteiger partial charge < -0.3 is 15.3 Å². The molecular formula is C14H18O4. The van der Waals surface area contributed by atoms with Crippen LogP contribution in [0.3, 0.4) is 0 Å². The monoisotopic (exact) mass is 250 g/mol. The van der Waals surface area contributed by atoms with Crippen LogP contribution in [0.4, 0.5) is 0 Å². The summed E-state index contributed by atoms with van der Waals surface area (Å²) in [4.78, 5) is 12.0. The Morgan fingerprint density at radius 3 is 2.39 bits per heavy atom. The summed E-state index contributed by atoms with van der Waals surface area (Å²) < 4.78 is 0. The molecule has 4 nitrogen and oxygen atoms in total. The van der Waals surface area contributed by atoms with Gasteiger partial charge in [0.05, 0.1) is 12.2 Å². The van der Waals surface area contributed by atoms with Crippen LogP contribution in [0.2, 0.25) is 0 Å². The van der Waals surface area contributed by atoms with E-state index >= 15 is 0 Å². The van der Waals surface area contributed by atoms with E-state index in [2.05, 4.69) is 0 Å². The number of Topliss-reactive ketones (excluding diaryl/α,β-unsaturated/α-hetero) is 1. The van der Waals surface area contributed by atoms with Gasteiger partial charge in [-0.3, -0.25) is 4.79 Å². The van der Waals surface area contributed by atoms with Crippen LogP contribution in [-0.4, -0.2) is 39.4 Å². The van der Waals surface area contributed by atoms with Crippen molar-refractivity contribution >= 4 is 5.78 Å². The highest BCUT2D eigenvalue weighted by atomic mass is 16.4. The summed E-state index contributed by atoms with van der Waals surface area (Å²) in [6, 6.07) is 8.91. The second-order valence-corrected chi connectivity index (χ2v) is 4.88. The molecule has 1 aliphatic rings. The lowest BCUT2D eigenvalue weighted by atomic mass is 9.79. The van der Waals surface area contributed by atoms with Crippen LogP contribution in [0.15, 0.2) is 30.3 Å². The summed E-state index contributed by atoms with van der Waals surface area (Å²) in [5, 5.41) is 28.9. The summed E-state index contributed by atoms with van der Waals surface area (Å²) in [7, 11) is 0. The lowest BCUT2D eigenvalue weighted by Gasteiger charge is -2.34. The largest absolute Gasteiger partial charge is 0.390 e. The maximum atomic E-state index is 12.0. The maximum absolute atomic E-state index is 12.0. The molecule has 3 N–H and O–H groups in total. The lowest BCUT2D eigenvalue weighted by molar-refractivity contribution is -0.109. The molecule has 1 saturated carbocycles. The summed E-state index contributed by atoms with van der Waals surface area (Å²) in [5.74, 6) is -0.320. The Kier molecular flexibility index (Phi) is 4.11. The molecule has 0 bridgehead atoms. The number of benzene rings is 1. The van der Waals surface area contributed by atoms with Crippen molar-refractivity contribution in [1.82, 2.24) is 0 Å². The molecule has 4 atom stereocenters. The molecule has 0 spiro atoms. The van der Waals surface area contributed by atoms with Crippen molar-refractivity contribution in [3.8, 4) is 0 Å². The Labute approximate surface area is 106 Å². The zero-order valence-electron chi connectivity index (χ0n) is 10.1. The summed E-state index contributed by atoms with van der Waals surface area (Å²) in [6.07, 6.45) is -1.88. The Morgan fingerprint density at radius 2 is 1.72 bits per heavy atom. The molecule has 1 aromatic carbocycles. The fraction of sp³-hybridized carbons (Fsp3) is 0.500. The molecule has 0 saturated heterocycles. The zero-order chi connectivity index (χ0) is 13.1. The fourth-order valence-corrected chi connectivity index (χ4v) is 2.44. The minimum absolute atomic E-state index is 0.0387. The van der Waals surface area contributed by atoms with E-state index in [0.29, 0.717) is 18.4 Å². The van der Waals surface area contributed by atoms with Crippen molar-refractivity contribution in [3.63, 3.8) is 0 Å². The van der Waals surface area contributed by atoms with E-state index in [9.17, 15) is 20.1 Å². The molecule has 4 unspecified atom stereocenters. The van der Waals surface area contributed by atoms with Gasteiger partial charge in [0.25, 0.3) is 0 Å². The smallest absolute Gasteiger partial charge is 0.163 e. The highest BCUT2D eigenvalue weighted by Crippen LogP contribution is 2.28. The first-order valence-corrected chi connectivity index (χ1v) is 6.22. The second kappa shape index (κ2) is 5.61. The number of rotatable bonds is 3. The number of aliphatic hydroxyl groups excluding tert-OH is 3. The second-order valence-electron chi connectivity index (χ2n) is 4.88. The molecule has 0 radical (unpaired) electrons. The van der Waals surface area contributed by atoms with Crippen LogP contribution in [0.5, 0.6) is 0 Å². The van der Waals surface area contributed by atoms with E-state index in [-0.39, 0.29) is 18.1 Å². The quantitative estimate of drug-likeness (QED) is 0.692. The van der Waals surface area contributed by atoms with Crippen LogP contribution < -0.4 is 0 Å². The predicted octanol–water partition coefficient (Wildman–Crippen LogP) is 0.752. The minimum atomic E-state index is -1.15. The third-order valence-electron chi connectivity index (χ3n) is 3.60. The van der Waals surface area contributed by atoms with Crippen molar-refractivity contribution in [3.05, 3.63) is 35.9 Å². The highest BCUT2D eigenvalue weighted by molar-refractivity contribution is 5.96. The maximum Gasteiger partial charge on any atom is 0.163 e. The van der Waals surface area contributed by atoms with Gasteiger partial charge in [-0.15, -0.1) is 0 Å². The highest BCUT2D eigenvalue weighted by Gasteiger charge is 2.37. The van der Waals surface area contributed by atoms with Gasteiger partial charge in [-0.25, -0.2) is 0 Å². The first-order chi connectivity index (χ1) is 8.59. The topological polar surface area (TPSA) is 77.8 Å². The molecule has 4 heteroatoms. The van der Waals surface area contributed by atoms with E-state index < -0.39 is 18.3 Å². The average molecular weight is 250 g/mol. The van der Waals surface area contributed by atoms with E-state index in [4.69, 9.17) is 0 Å². The van der Waals surface area contributed by atoms with Gasteiger partial charge >= 0.3 is 0 Å². The SMILES string of the molecule is O=C(CC1CCC(O)C(O)C1O)c1ccccc1. The Hall–Kier alpha value is -1.23. The number of carbonyl (C=O) groups is 1. The van der Waals surface area contributed by atoms with Crippen LogP contribution in [0, 0.1) is 5.92 Å². The van der Waals surface area contributed by atoms with Crippen molar-refractivity contribution in [1.29, 1.82) is 0 Å². The number of carbonyl (C=O) groups excluding carboxylic acids is 1. The Morgan fingerprint density at radius 1 is 1.06 bits per heavy atom. The molecule has 18 heavy (non-hydrogen) atoms. The summed E-state index contributed by atoms with van der Waals surface area (Å²) in [6.45, 7) is 0. The molecule has 1 fully saturated rings. The van der Waals surface area contributed by atoms with E-state index in [1.165, 1.54) is 0 Å². The zero-order valence-corrected chi connectivity index (χ0v) is 10.1. The first kappa shape index (κ1) is 13.2. The van der Waals surface area contributed by atoms with Gasteiger partial charge in [0, 0.05) is 12.0 Å². The molecule has 2 rings (SSSR count). The number of hydrogen-bond donors (Lipinski definition) is 3. The van der Waals surface area contributed by atoms with Gasteiger partial charge in [0.1, 0.15) is 6.10 Å². The molecular weight excluding hydrogens is 232 g/mol. The van der Waals surface area contributed by atoms with Gasteiger partial charge in [0.15, 0.2) is 5.78 Å². The molecule has 0 aliphatic heterocycles. The molecule has 1 aromatic rings. The standard InChI is InChI=1S/C14H18O4/c15-11-7-6-10(13(17)14(11)18)8-12(16)9-4-2-1-3-5-9/h1-5,10-11,13-15,17-18H,6-8H2. The third-order valence-corrected chi connectivity index (χ3v) is 3.60. The predicted molar refractivity (Wildman–Crippen MR) is 66.1 cm³/mol. The van der Waals surface area contributed by atoms with Crippen molar-refractivity contribution in [2.75, 3.05) is 0 Å². The van der Waals surface area contributed by atoms with Gasteiger partial charge in [-0.1, -0.05) is 30.3 Å². The van der Waals surface area contributed by atoms with Crippen LogP contribution >= 0.6 is 0 Å².